The van der Waals surface area contributed by atoms with Crippen molar-refractivity contribution in [3.05, 3.63) is 42.0 Å². The van der Waals surface area contributed by atoms with E-state index >= 15 is 0 Å². The molecule has 0 spiro atoms. The predicted molar refractivity (Wildman–Crippen MR) is 149 cm³/mol. The molecule has 6 N–H and O–H groups in total. The Morgan fingerprint density at radius 2 is 1.85 bits per heavy atom. The number of amides is 3. The van der Waals surface area contributed by atoms with Crippen LogP contribution in [0.4, 0.5) is 11.5 Å². The maximum Gasteiger partial charge on any atom is 0.254 e. The second-order valence-electron chi connectivity index (χ2n) is 9.68. The summed E-state index contributed by atoms with van der Waals surface area (Å²) in [7, 11) is 0. The largest absolute Gasteiger partial charge is 0.387 e. The van der Waals surface area contributed by atoms with Crippen molar-refractivity contribution in [1.82, 2.24) is 34.6 Å². The van der Waals surface area contributed by atoms with Gasteiger partial charge in [0.2, 0.25) is 5.91 Å². The summed E-state index contributed by atoms with van der Waals surface area (Å²) in [6, 6.07) is 5.21. The molecule has 15 nitrogen and oxygen atoms in total. The van der Waals surface area contributed by atoms with Gasteiger partial charge in [-0.05, 0) is 12.1 Å². The van der Waals surface area contributed by atoms with Crippen molar-refractivity contribution in [2.45, 2.75) is 31.1 Å². The number of ether oxygens (including phenoxy) is 1. The predicted octanol–water partition coefficient (Wildman–Crippen LogP) is -1.10. The number of carbonyl (C=O) groups is 3. The number of hydrogen-bond acceptors (Lipinski definition) is 11. The van der Waals surface area contributed by atoms with Crippen molar-refractivity contribution in [2.75, 3.05) is 43.8 Å². The fraction of sp³-hybridized carbons (Fsp3) is 0.417. The van der Waals surface area contributed by atoms with Crippen LogP contribution < -0.4 is 16.4 Å². The van der Waals surface area contributed by atoms with Gasteiger partial charge in [-0.3, -0.25) is 23.9 Å². The van der Waals surface area contributed by atoms with E-state index in [0.29, 0.717) is 55.1 Å². The Kier molecular flexibility index (Phi) is 8.96. The molecule has 5 heterocycles. The van der Waals surface area contributed by atoms with E-state index in [1.807, 2.05) is 4.90 Å². The lowest BCUT2D eigenvalue weighted by Crippen LogP contribution is -2.54. The lowest BCUT2D eigenvalue weighted by atomic mass is 10.1. The van der Waals surface area contributed by atoms with Crippen LogP contribution in [0.25, 0.3) is 11.2 Å². The van der Waals surface area contributed by atoms with Crippen LogP contribution in [-0.2, 0) is 20.9 Å². The van der Waals surface area contributed by atoms with Crippen LogP contribution in [-0.4, -0.2) is 108 Å². The molecular weight excluding hydrogens is 581 g/mol. The minimum Gasteiger partial charge on any atom is -0.387 e. The fourth-order valence-electron chi connectivity index (χ4n) is 5.22. The molecule has 1 unspecified atom stereocenters. The quantitative estimate of drug-likeness (QED) is 0.235. The van der Waals surface area contributed by atoms with E-state index in [1.165, 1.54) is 17.2 Å². The minimum atomic E-state index is -1.46. The molecule has 0 bridgehead atoms. The molecule has 2 aromatic heterocycles. The maximum atomic E-state index is 13.2. The van der Waals surface area contributed by atoms with Gasteiger partial charge >= 0.3 is 0 Å². The standard InChI is InChI=1S/C24H27N9O6.2ClH/c25-20-16-21(28-10-27-20)33(11-29-16)24-18(36)17(35)19(39-24)23(38)32-6-4-31(5-7-32)9-15(34)30-14-3-1-2-12-13(14)8-26-22(12)37;;/h1-3,10-11,17-19,24,35-36H,4-9H2,(H,26,37)(H,30,34)(H2,25,27,28);2*1H/t17-,18?,19+,24-;;/m1../s1. The highest BCUT2D eigenvalue weighted by atomic mass is 35.5. The number of fused-ring (bicyclic) bond motifs is 2. The molecular formula is C24H29Cl2N9O6. The molecule has 2 fully saturated rings. The number of anilines is 2. The topological polar surface area (TPSA) is 201 Å². The number of nitrogens with two attached hydrogens (primary N) is 1. The highest BCUT2D eigenvalue weighted by molar-refractivity contribution is 6.02. The first kappa shape index (κ1) is 30.4. The van der Waals surface area contributed by atoms with E-state index in [-0.39, 0.29) is 49.0 Å². The highest BCUT2D eigenvalue weighted by Gasteiger charge is 2.49. The summed E-state index contributed by atoms with van der Waals surface area (Å²) in [5.41, 5.74) is 8.38. The van der Waals surface area contributed by atoms with Gasteiger partial charge in [0.1, 0.15) is 24.1 Å². The zero-order chi connectivity index (χ0) is 27.3. The Labute approximate surface area is 245 Å². The van der Waals surface area contributed by atoms with Crippen LogP contribution in [0.1, 0.15) is 22.1 Å². The summed E-state index contributed by atoms with van der Waals surface area (Å²) in [6.45, 7) is 1.99. The third-order valence-electron chi connectivity index (χ3n) is 7.31. The molecule has 0 saturated carbocycles. The van der Waals surface area contributed by atoms with E-state index in [9.17, 15) is 24.6 Å². The first-order chi connectivity index (χ1) is 18.8. The number of aliphatic hydroxyl groups excluding tert-OH is 2. The third-order valence-corrected chi connectivity index (χ3v) is 7.31. The molecule has 4 atom stereocenters. The molecule has 3 aliphatic heterocycles. The number of piperazine rings is 1. The van der Waals surface area contributed by atoms with Crippen molar-refractivity contribution in [3.8, 4) is 0 Å². The molecule has 6 rings (SSSR count). The van der Waals surface area contributed by atoms with Crippen LogP contribution in [0.3, 0.4) is 0 Å². The smallest absolute Gasteiger partial charge is 0.254 e. The van der Waals surface area contributed by atoms with Gasteiger partial charge in [0.25, 0.3) is 11.8 Å². The number of imidazole rings is 1. The second kappa shape index (κ2) is 12.1. The number of hydrogen-bond donors (Lipinski definition) is 5. The van der Waals surface area contributed by atoms with Gasteiger partial charge in [-0.1, -0.05) is 6.07 Å². The second-order valence-corrected chi connectivity index (χ2v) is 9.68. The van der Waals surface area contributed by atoms with Crippen molar-refractivity contribution >= 4 is 65.2 Å². The number of aliphatic hydroxyl groups is 2. The Morgan fingerprint density at radius 3 is 2.61 bits per heavy atom. The molecule has 3 amide bonds. The van der Waals surface area contributed by atoms with Gasteiger partial charge in [-0.25, -0.2) is 15.0 Å². The summed E-state index contributed by atoms with van der Waals surface area (Å²) in [5, 5.41) is 26.9. The first-order valence-corrected chi connectivity index (χ1v) is 12.5. The lowest BCUT2D eigenvalue weighted by Gasteiger charge is -2.35. The number of aromatic nitrogens is 4. The number of nitrogens with one attached hydrogen (secondary N) is 2. The minimum absolute atomic E-state index is 0. The summed E-state index contributed by atoms with van der Waals surface area (Å²) in [5.74, 6) is -0.677. The Morgan fingerprint density at radius 1 is 1.10 bits per heavy atom. The number of carbonyl (C=O) groups excluding carboxylic acids is 3. The van der Waals surface area contributed by atoms with Gasteiger partial charge in [0.15, 0.2) is 23.8 Å². The summed E-state index contributed by atoms with van der Waals surface area (Å²) < 4.78 is 7.23. The van der Waals surface area contributed by atoms with E-state index in [2.05, 4.69) is 25.6 Å². The molecule has 220 valence electrons. The van der Waals surface area contributed by atoms with Gasteiger partial charge < -0.3 is 36.2 Å². The summed E-state index contributed by atoms with van der Waals surface area (Å²) in [4.78, 5) is 53.4. The van der Waals surface area contributed by atoms with Crippen LogP contribution >= 0.6 is 24.8 Å². The van der Waals surface area contributed by atoms with E-state index in [0.717, 1.165) is 5.56 Å². The van der Waals surface area contributed by atoms with Crippen LogP contribution in [0.15, 0.2) is 30.9 Å². The summed E-state index contributed by atoms with van der Waals surface area (Å²) in [6.07, 6.45) is -2.62. The lowest BCUT2D eigenvalue weighted by molar-refractivity contribution is -0.150. The van der Waals surface area contributed by atoms with E-state index in [1.54, 1.807) is 23.1 Å². The molecule has 1 aromatic carbocycles. The Balaban J connectivity index is 0.00000194. The zero-order valence-electron chi connectivity index (χ0n) is 21.5. The van der Waals surface area contributed by atoms with Crippen molar-refractivity contribution in [2.24, 2.45) is 0 Å². The third kappa shape index (κ3) is 5.51. The molecule has 0 aliphatic carbocycles. The van der Waals surface area contributed by atoms with Crippen LogP contribution in [0, 0.1) is 0 Å². The Hall–Kier alpha value is -3.60. The summed E-state index contributed by atoms with van der Waals surface area (Å²) >= 11 is 0. The van der Waals surface area contributed by atoms with Crippen LogP contribution in [0.2, 0.25) is 0 Å². The maximum absolute atomic E-state index is 13.2. The highest BCUT2D eigenvalue weighted by Crippen LogP contribution is 2.33. The molecule has 41 heavy (non-hydrogen) atoms. The molecule has 0 radical (unpaired) electrons. The Bertz CT molecular complexity index is 1460. The normalized spacial score (nSPS) is 23.9. The fourth-order valence-corrected chi connectivity index (χ4v) is 5.22. The average molecular weight is 610 g/mol. The number of rotatable bonds is 5. The number of nitrogens with zero attached hydrogens (tertiary/aromatic N) is 6. The van der Waals surface area contributed by atoms with Gasteiger partial charge in [0, 0.05) is 49.5 Å². The van der Waals surface area contributed by atoms with E-state index in [4.69, 9.17) is 10.5 Å². The zero-order valence-corrected chi connectivity index (χ0v) is 23.2. The molecule has 17 heteroatoms. The van der Waals surface area contributed by atoms with Crippen molar-refractivity contribution < 1.29 is 29.3 Å². The van der Waals surface area contributed by atoms with E-state index < -0.39 is 30.4 Å². The molecule has 2 saturated heterocycles. The SMILES string of the molecule is Cl.Cl.Nc1ncnc2c1ncn2[C@@H]1O[C@H](C(=O)N2CCN(CC(=O)Nc3cccc4c3CNC4=O)CC2)[C@H](O)C1O. The number of nitrogen functional groups attached to an aromatic ring is 1. The monoisotopic (exact) mass is 609 g/mol. The van der Waals surface area contributed by atoms with Gasteiger partial charge in [-0.2, -0.15) is 0 Å². The number of halogens is 2. The average Bonchev–Trinajstić information content (AvgIpc) is 3.61. The number of benzene rings is 1. The first-order valence-electron chi connectivity index (χ1n) is 12.5. The van der Waals surface area contributed by atoms with Crippen molar-refractivity contribution in [3.63, 3.8) is 0 Å². The van der Waals surface area contributed by atoms with Crippen LogP contribution in [0.5, 0.6) is 0 Å². The molecule has 3 aliphatic rings. The molecule has 3 aromatic rings. The van der Waals surface area contributed by atoms with Gasteiger partial charge in [0.05, 0.1) is 12.9 Å². The van der Waals surface area contributed by atoms with Crippen molar-refractivity contribution in [1.29, 1.82) is 0 Å². The van der Waals surface area contributed by atoms with Gasteiger partial charge in [-0.15, -0.1) is 24.8 Å².